The van der Waals surface area contributed by atoms with Crippen LogP contribution in [0.1, 0.15) is 20.3 Å². The minimum absolute atomic E-state index is 0. The van der Waals surface area contributed by atoms with Gasteiger partial charge in [-0.3, -0.25) is 19.8 Å². The molecule has 0 bridgehead atoms. The van der Waals surface area contributed by atoms with Crippen molar-refractivity contribution < 1.29 is 18.4 Å². The minimum Gasteiger partial charge on any atom is -0.353 e. The second-order valence-electron chi connectivity index (χ2n) is 6.32. The molecule has 24 heavy (non-hydrogen) atoms. The molecule has 0 saturated carbocycles. The van der Waals surface area contributed by atoms with Gasteiger partial charge in [-0.2, -0.15) is 0 Å². The van der Waals surface area contributed by atoms with Crippen LogP contribution in [0.25, 0.3) is 0 Å². The van der Waals surface area contributed by atoms with Crippen LogP contribution in [0.2, 0.25) is 0 Å². The average molecular weight is 391 g/mol. The Kier molecular flexibility index (Phi) is 9.41. The maximum absolute atomic E-state index is 13.1. The van der Waals surface area contributed by atoms with Crippen LogP contribution < -0.4 is 10.6 Å². The molecular weight excluding hydrogens is 365 g/mol. The number of hydrogen-bond donors (Lipinski definition) is 2. The SMILES string of the molecule is CC(C)NC(=O)CN1CCN(C(=O)C2CC(F)(F)CN2)CC1.Cl.Cl. The lowest BCUT2D eigenvalue weighted by Crippen LogP contribution is -2.54. The van der Waals surface area contributed by atoms with Gasteiger partial charge in [0.15, 0.2) is 0 Å². The van der Waals surface area contributed by atoms with Crippen LogP contribution in [0.4, 0.5) is 8.78 Å². The van der Waals surface area contributed by atoms with Gasteiger partial charge in [-0.1, -0.05) is 0 Å². The zero-order chi connectivity index (χ0) is 16.3. The van der Waals surface area contributed by atoms with Crippen LogP contribution in [0.5, 0.6) is 0 Å². The van der Waals surface area contributed by atoms with Crippen molar-refractivity contribution in [1.29, 1.82) is 0 Å². The Morgan fingerprint density at radius 2 is 1.79 bits per heavy atom. The number of hydrogen-bond acceptors (Lipinski definition) is 4. The van der Waals surface area contributed by atoms with Crippen LogP contribution in [0, 0.1) is 0 Å². The molecule has 0 aromatic carbocycles. The molecule has 2 aliphatic heterocycles. The van der Waals surface area contributed by atoms with E-state index in [1.165, 1.54) is 0 Å². The van der Waals surface area contributed by atoms with Gasteiger partial charge in [0.1, 0.15) is 0 Å². The number of rotatable bonds is 4. The molecule has 2 fully saturated rings. The first-order chi connectivity index (χ1) is 10.3. The monoisotopic (exact) mass is 390 g/mol. The Morgan fingerprint density at radius 3 is 2.25 bits per heavy atom. The maximum Gasteiger partial charge on any atom is 0.262 e. The van der Waals surface area contributed by atoms with Crippen molar-refractivity contribution in [2.45, 2.75) is 38.3 Å². The van der Waals surface area contributed by atoms with E-state index in [0.29, 0.717) is 32.7 Å². The van der Waals surface area contributed by atoms with E-state index in [2.05, 4.69) is 10.6 Å². The summed E-state index contributed by atoms with van der Waals surface area (Å²) < 4.78 is 26.3. The van der Waals surface area contributed by atoms with E-state index in [1.807, 2.05) is 18.7 Å². The lowest BCUT2D eigenvalue weighted by atomic mass is 10.1. The molecule has 10 heteroatoms. The number of alkyl halides is 2. The van der Waals surface area contributed by atoms with E-state index in [1.54, 1.807) is 4.90 Å². The van der Waals surface area contributed by atoms with Gasteiger partial charge in [0.2, 0.25) is 11.8 Å². The van der Waals surface area contributed by atoms with E-state index in [9.17, 15) is 18.4 Å². The summed E-state index contributed by atoms with van der Waals surface area (Å²) in [6.45, 7) is 5.78. The molecule has 2 heterocycles. The number of carbonyl (C=O) groups is 2. The zero-order valence-corrected chi connectivity index (χ0v) is 15.5. The third kappa shape index (κ3) is 6.66. The normalized spacial score (nSPS) is 23.4. The smallest absolute Gasteiger partial charge is 0.262 e. The number of nitrogens with one attached hydrogen (secondary N) is 2. The molecule has 1 unspecified atom stereocenters. The van der Waals surface area contributed by atoms with E-state index in [0.717, 1.165) is 0 Å². The lowest BCUT2D eigenvalue weighted by Gasteiger charge is -2.35. The fourth-order valence-corrected chi connectivity index (χ4v) is 2.81. The summed E-state index contributed by atoms with van der Waals surface area (Å²) in [4.78, 5) is 27.5. The fraction of sp³-hybridized carbons (Fsp3) is 0.857. The molecule has 2 rings (SSSR count). The number of halogens is 4. The highest BCUT2D eigenvalue weighted by Gasteiger charge is 2.43. The van der Waals surface area contributed by atoms with Crippen molar-refractivity contribution in [2.24, 2.45) is 0 Å². The van der Waals surface area contributed by atoms with Gasteiger partial charge in [0.05, 0.1) is 19.1 Å². The molecule has 0 radical (unpaired) electrons. The summed E-state index contributed by atoms with van der Waals surface area (Å²) in [5, 5.41) is 5.41. The molecule has 2 saturated heterocycles. The van der Waals surface area contributed by atoms with Gasteiger partial charge in [-0.25, -0.2) is 8.78 Å². The largest absolute Gasteiger partial charge is 0.353 e. The lowest BCUT2D eigenvalue weighted by molar-refractivity contribution is -0.135. The first kappa shape index (κ1) is 23.3. The fourth-order valence-electron chi connectivity index (χ4n) is 2.81. The molecule has 1 atom stereocenters. The topological polar surface area (TPSA) is 64.7 Å². The molecule has 0 aromatic rings. The van der Waals surface area contributed by atoms with Gasteiger partial charge in [0.25, 0.3) is 5.92 Å². The summed E-state index contributed by atoms with van der Waals surface area (Å²) in [6.07, 6.45) is -0.428. The van der Waals surface area contributed by atoms with E-state index in [4.69, 9.17) is 0 Å². The van der Waals surface area contributed by atoms with Crippen LogP contribution in [0.15, 0.2) is 0 Å². The van der Waals surface area contributed by atoms with Gasteiger partial charge < -0.3 is 10.2 Å². The molecule has 0 aliphatic carbocycles. The van der Waals surface area contributed by atoms with Crippen molar-refractivity contribution >= 4 is 36.6 Å². The van der Waals surface area contributed by atoms with Crippen molar-refractivity contribution in [1.82, 2.24) is 20.4 Å². The zero-order valence-electron chi connectivity index (χ0n) is 13.9. The standard InChI is InChI=1S/C14H24F2N4O2.2ClH/c1-10(2)18-12(21)8-19-3-5-20(6-4-19)13(22)11-7-14(15,16)9-17-11;;/h10-11,17H,3-9H2,1-2H3,(H,18,21);2*1H. The van der Waals surface area contributed by atoms with E-state index in [-0.39, 0.29) is 42.7 Å². The molecular formula is C14H26Cl2F2N4O2. The van der Waals surface area contributed by atoms with Gasteiger partial charge in [-0.05, 0) is 13.8 Å². The first-order valence-electron chi connectivity index (χ1n) is 7.68. The van der Waals surface area contributed by atoms with Crippen LogP contribution >= 0.6 is 24.8 Å². The second-order valence-corrected chi connectivity index (χ2v) is 6.32. The summed E-state index contributed by atoms with van der Waals surface area (Å²) >= 11 is 0. The predicted molar refractivity (Wildman–Crippen MR) is 92.1 cm³/mol. The Balaban J connectivity index is 0.00000264. The highest BCUT2D eigenvalue weighted by molar-refractivity contribution is 5.85. The third-order valence-electron chi connectivity index (χ3n) is 3.91. The number of piperazine rings is 1. The van der Waals surface area contributed by atoms with Crippen molar-refractivity contribution in [3.63, 3.8) is 0 Å². The summed E-state index contributed by atoms with van der Waals surface area (Å²) in [6, 6.07) is -0.684. The Morgan fingerprint density at radius 1 is 1.21 bits per heavy atom. The van der Waals surface area contributed by atoms with Crippen LogP contribution in [0.3, 0.4) is 0 Å². The van der Waals surface area contributed by atoms with E-state index < -0.39 is 24.9 Å². The Hall–Kier alpha value is -0.700. The summed E-state index contributed by atoms with van der Waals surface area (Å²) in [7, 11) is 0. The Labute approximate surface area is 153 Å². The highest BCUT2D eigenvalue weighted by atomic mass is 35.5. The molecule has 2 N–H and O–H groups in total. The molecule has 142 valence electrons. The van der Waals surface area contributed by atoms with Crippen molar-refractivity contribution in [2.75, 3.05) is 39.3 Å². The van der Waals surface area contributed by atoms with Gasteiger partial charge >= 0.3 is 0 Å². The minimum atomic E-state index is -2.79. The van der Waals surface area contributed by atoms with Crippen molar-refractivity contribution in [3.8, 4) is 0 Å². The first-order valence-corrected chi connectivity index (χ1v) is 7.68. The summed E-state index contributed by atoms with van der Waals surface area (Å²) in [5.74, 6) is -3.09. The second kappa shape index (κ2) is 9.70. The predicted octanol–water partition coefficient (Wildman–Crippen LogP) is 0.496. The van der Waals surface area contributed by atoms with Gasteiger partial charge in [-0.15, -0.1) is 24.8 Å². The number of amides is 2. The van der Waals surface area contributed by atoms with Crippen molar-refractivity contribution in [3.05, 3.63) is 0 Å². The average Bonchev–Trinajstić information content (AvgIpc) is 2.78. The summed E-state index contributed by atoms with van der Waals surface area (Å²) in [5.41, 5.74) is 0. The molecule has 0 spiro atoms. The Bertz CT molecular complexity index is 433. The molecule has 0 aromatic heterocycles. The van der Waals surface area contributed by atoms with Crippen LogP contribution in [-0.4, -0.2) is 78.9 Å². The highest BCUT2D eigenvalue weighted by Crippen LogP contribution is 2.26. The van der Waals surface area contributed by atoms with Gasteiger partial charge in [0, 0.05) is 38.6 Å². The number of nitrogens with zero attached hydrogens (tertiary/aromatic N) is 2. The third-order valence-corrected chi connectivity index (χ3v) is 3.91. The van der Waals surface area contributed by atoms with Crippen LogP contribution in [-0.2, 0) is 9.59 Å². The van der Waals surface area contributed by atoms with E-state index >= 15 is 0 Å². The molecule has 2 amide bonds. The maximum atomic E-state index is 13.1. The molecule has 2 aliphatic rings. The number of carbonyl (C=O) groups excluding carboxylic acids is 2. The quantitative estimate of drug-likeness (QED) is 0.733. The molecule has 6 nitrogen and oxygen atoms in total.